The maximum atomic E-state index is 13.0. The van der Waals surface area contributed by atoms with Crippen molar-refractivity contribution in [2.24, 2.45) is 7.05 Å². The number of aromatic nitrogens is 2. The van der Waals surface area contributed by atoms with E-state index in [2.05, 4.69) is 34.1 Å². The normalized spacial score (nSPS) is 14.4. The van der Waals surface area contributed by atoms with Crippen molar-refractivity contribution >= 4 is 17.7 Å². The molecule has 0 radical (unpaired) electrons. The summed E-state index contributed by atoms with van der Waals surface area (Å²) in [4.78, 5) is 34.7. The smallest absolute Gasteiger partial charge is 0.257 e. The molecule has 0 unspecified atom stereocenters. The number of hydrogen-bond donors (Lipinski definition) is 0. The average molecular weight is 463 g/mol. The van der Waals surface area contributed by atoms with E-state index in [4.69, 9.17) is 0 Å². The summed E-state index contributed by atoms with van der Waals surface area (Å²) < 4.78 is 1.57. The van der Waals surface area contributed by atoms with Gasteiger partial charge in [-0.05, 0) is 18.1 Å². The second-order valence-corrected chi connectivity index (χ2v) is 9.36. The van der Waals surface area contributed by atoms with E-state index in [0.29, 0.717) is 17.1 Å². The Bertz CT molecular complexity index is 1140. The van der Waals surface area contributed by atoms with Crippen LogP contribution in [0.2, 0.25) is 0 Å². The standard InChI is InChI=1S/C26H30N4O2S/c1-20-23(17-21-9-5-3-6-10-21)25(32)28(2)26(27-20)33-19-24(31)30-15-13-29(14-16-30)18-22-11-7-4-8-12-22/h3-12H,13-19H2,1-2H3. The minimum Gasteiger partial charge on any atom is -0.339 e. The minimum atomic E-state index is -0.0455. The molecule has 2 heterocycles. The van der Waals surface area contributed by atoms with Gasteiger partial charge in [0, 0.05) is 57.4 Å². The van der Waals surface area contributed by atoms with Crippen LogP contribution < -0.4 is 5.56 Å². The molecule has 1 aliphatic rings. The Labute approximate surface area is 199 Å². The molecule has 0 atom stereocenters. The van der Waals surface area contributed by atoms with E-state index in [9.17, 15) is 9.59 Å². The van der Waals surface area contributed by atoms with Crippen LogP contribution in [0, 0.1) is 6.92 Å². The first kappa shape index (κ1) is 23.3. The van der Waals surface area contributed by atoms with Gasteiger partial charge in [-0.15, -0.1) is 0 Å². The lowest BCUT2D eigenvalue weighted by atomic mass is 10.1. The zero-order valence-corrected chi connectivity index (χ0v) is 20.1. The van der Waals surface area contributed by atoms with Crippen LogP contribution in [0.5, 0.6) is 0 Å². The topological polar surface area (TPSA) is 58.4 Å². The minimum absolute atomic E-state index is 0.0455. The maximum Gasteiger partial charge on any atom is 0.257 e. The largest absolute Gasteiger partial charge is 0.339 e. The van der Waals surface area contributed by atoms with Gasteiger partial charge in [0.2, 0.25) is 5.91 Å². The van der Waals surface area contributed by atoms with Crippen LogP contribution in [0.25, 0.3) is 0 Å². The van der Waals surface area contributed by atoms with Gasteiger partial charge in [-0.3, -0.25) is 19.1 Å². The molecule has 0 spiro atoms. The lowest BCUT2D eigenvalue weighted by molar-refractivity contribution is -0.130. The molecule has 7 heteroatoms. The molecule has 172 valence electrons. The Kier molecular flexibility index (Phi) is 7.62. The predicted octanol–water partition coefficient (Wildman–Crippen LogP) is 3.12. The number of carbonyl (C=O) groups is 1. The van der Waals surface area contributed by atoms with Crippen molar-refractivity contribution in [2.75, 3.05) is 31.9 Å². The molecule has 1 aromatic heterocycles. The number of aryl methyl sites for hydroxylation is 1. The Morgan fingerprint density at radius 1 is 0.939 bits per heavy atom. The third-order valence-electron chi connectivity index (χ3n) is 6.07. The summed E-state index contributed by atoms with van der Waals surface area (Å²) in [6, 6.07) is 20.4. The van der Waals surface area contributed by atoms with Gasteiger partial charge in [0.1, 0.15) is 0 Å². The van der Waals surface area contributed by atoms with Crippen LogP contribution in [0.1, 0.15) is 22.4 Å². The van der Waals surface area contributed by atoms with Crippen molar-refractivity contribution in [3.05, 3.63) is 93.4 Å². The number of thioether (sulfide) groups is 1. The summed E-state index contributed by atoms with van der Waals surface area (Å²) in [7, 11) is 1.73. The molecule has 1 aliphatic heterocycles. The Balaban J connectivity index is 1.32. The van der Waals surface area contributed by atoms with E-state index in [1.165, 1.54) is 17.3 Å². The van der Waals surface area contributed by atoms with Gasteiger partial charge in [0.15, 0.2) is 5.16 Å². The van der Waals surface area contributed by atoms with Crippen LogP contribution in [0.15, 0.2) is 70.6 Å². The number of nitrogens with zero attached hydrogens (tertiary/aromatic N) is 4. The van der Waals surface area contributed by atoms with Crippen LogP contribution in [-0.4, -0.2) is 57.2 Å². The van der Waals surface area contributed by atoms with E-state index in [1.54, 1.807) is 11.6 Å². The number of carbonyl (C=O) groups excluding carboxylic acids is 1. The average Bonchev–Trinajstić information content (AvgIpc) is 2.85. The molecule has 6 nitrogen and oxygen atoms in total. The molecule has 33 heavy (non-hydrogen) atoms. The molecule has 0 N–H and O–H groups in total. The van der Waals surface area contributed by atoms with Crippen LogP contribution in [-0.2, 0) is 24.8 Å². The fraction of sp³-hybridized carbons (Fsp3) is 0.346. The SMILES string of the molecule is Cc1nc(SCC(=O)N2CCN(Cc3ccccc3)CC2)n(C)c(=O)c1Cc1ccccc1. The summed E-state index contributed by atoms with van der Waals surface area (Å²) in [5.41, 5.74) is 3.77. The highest BCUT2D eigenvalue weighted by atomic mass is 32.2. The molecule has 3 aromatic rings. The van der Waals surface area contributed by atoms with E-state index in [0.717, 1.165) is 44.0 Å². The zero-order chi connectivity index (χ0) is 23.2. The summed E-state index contributed by atoms with van der Waals surface area (Å²) in [6.07, 6.45) is 0.559. The van der Waals surface area contributed by atoms with Gasteiger partial charge in [0.25, 0.3) is 5.56 Å². The van der Waals surface area contributed by atoms with Crippen molar-refractivity contribution in [3.8, 4) is 0 Å². The molecule has 2 aromatic carbocycles. The molecule has 0 aliphatic carbocycles. The van der Waals surface area contributed by atoms with Crippen molar-refractivity contribution in [3.63, 3.8) is 0 Å². The fourth-order valence-electron chi connectivity index (χ4n) is 4.08. The van der Waals surface area contributed by atoms with Crippen molar-refractivity contribution in [1.29, 1.82) is 0 Å². The molecule has 1 amide bonds. The third kappa shape index (κ3) is 5.92. The molecule has 4 rings (SSSR count). The number of benzene rings is 2. The molecule has 0 saturated carbocycles. The number of rotatable bonds is 7. The molecule has 0 bridgehead atoms. The monoisotopic (exact) mass is 462 g/mol. The zero-order valence-electron chi connectivity index (χ0n) is 19.2. The molecule has 1 saturated heterocycles. The fourth-order valence-corrected chi connectivity index (χ4v) is 4.99. The van der Waals surface area contributed by atoms with E-state index >= 15 is 0 Å². The van der Waals surface area contributed by atoms with Gasteiger partial charge in [-0.25, -0.2) is 4.98 Å². The molecule has 1 fully saturated rings. The third-order valence-corrected chi connectivity index (χ3v) is 7.09. The Hall–Kier alpha value is -2.90. The second-order valence-electron chi connectivity index (χ2n) is 8.42. The van der Waals surface area contributed by atoms with Gasteiger partial charge >= 0.3 is 0 Å². The summed E-state index contributed by atoms with van der Waals surface area (Å²) >= 11 is 1.34. The highest BCUT2D eigenvalue weighted by molar-refractivity contribution is 7.99. The number of piperazine rings is 1. The van der Waals surface area contributed by atoms with Crippen LogP contribution >= 0.6 is 11.8 Å². The quantitative estimate of drug-likeness (QED) is 0.399. The summed E-state index contributed by atoms with van der Waals surface area (Å²) in [5, 5.41) is 0.588. The van der Waals surface area contributed by atoms with Crippen molar-refractivity contribution in [2.45, 2.75) is 25.0 Å². The first-order valence-corrected chi connectivity index (χ1v) is 12.3. The van der Waals surface area contributed by atoms with Crippen molar-refractivity contribution < 1.29 is 4.79 Å². The Morgan fingerprint density at radius 2 is 1.55 bits per heavy atom. The van der Waals surface area contributed by atoms with Crippen molar-refractivity contribution in [1.82, 2.24) is 19.4 Å². The lowest BCUT2D eigenvalue weighted by Crippen LogP contribution is -2.48. The number of hydrogen-bond acceptors (Lipinski definition) is 5. The first-order valence-electron chi connectivity index (χ1n) is 11.3. The lowest BCUT2D eigenvalue weighted by Gasteiger charge is -2.34. The highest BCUT2D eigenvalue weighted by Gasteiger charge is 2.22. The van der Waals surface area contributed by atoms with Gasteiger partial charge < -0.3 is 4.90 Å². The van der Waals surface area contributed by atoms with Crippen LogP contribution in [0.4, 0.5) is 0 Å². The van der Waals surface area contributed by atoms with Gasteiger partial charge in [-0.1, -0.05) is 72.4 Å². The van der Waals surface area contributed by atoms with Gasteiger partial charge in [0.05, 0.1) is 5.75 Å². The second kappa shape index (κ2) is 10.8. The predicted molar refractivity (Wildman–Crippen MR) is 132 cm³/mol. The summed E-state index contributed by atoms with van der Waals surface area (Å²) in [5.74, 6) is 0.385. The number of amides is 1. The van der Waals surface area contributed by atoms with Gasteiger partial charge in [-0.2, -0.15) is 0 Å². The molecular weight excluding hydrogens is 432 g/mol. The highest BCUT2D eigenvalue weighted by Crippen LogP contribution is 2.18. The Morgan fingerprint density at radius 3 is 2.18 bits per heavy atom. The first-order chi connectivity index (χ1) is 16.0. The van der Waals surface area contributed by atoms with E-state index < -0.39 is 0 Å². The summed E-state index contributed by atoms with van der Waals surface area (Å²) in [6.45, 7) is 5.99. The maximum absolute atomic E-state index is 13.0. The van der Waals surface area contributed by atoms with E-state index in [1.807, 2.05) is 48.2 Å². The van der Waals surface area contributed by atoms with E-state index in [-0.39, 0.29) is 17.2 Å². The van der Waals surface area contributed by atoms with Crippen LogP contribution in [0.3, 0.4) is 0 Å². The molecular formula is C26H30N4O2S.